The van der Waals surface area contributed by atoms with Gasteiger partial charge < -0.3 is 15.4 Å². The second-order valence-electron chi connectivity index (χ2n) is 7.90. The molecule has 1 fully saturated rings. The molecule has 0 heterocycles. The zero-order valence-corrected chi connectivity index (χ0v) is 17.3. The Morgan fingerprint density at radius 3 is 2.48 bits per heavy atom. The van der Waals surface area contributed by atoms with Gasteiger partial charge >= 0.3 is 0 Å². The van der Waals surface area contributed by atoms with Crippen molar-refractivity contribution >= 4 is 5.91 Å². The number of hydrogen-bond donors (Lipinski definition) is 2. The predicted molar refractivity (Wildman–Crippen MR) is 112 cm³/mol. The van der Waals surface area contributed by atoms with E-state index in [0.29, 0.717) is 6.42 Å². The number of nitrogens with one attached hydrogen (secondary N) is 2. The minimum atomic E-state index is 0.101. The highest BCUT2D eigenvalue weighted by Crippen LogP contribution is 2.41. The molecule has 0 saturated heterocycles. The monoisotopic (exact) mass is 374 g/mol. The van der Waals surface area contributed by atoms with Gasteiger partial charge in [0.15, 0.2) is 0 Å². The van der Waals surface area contributed by atoms with E-state index >= 15 is 0 Å². The summed E-state index contributed by atoms with van der Waals surface area (Å²) in [4.78, 5) is 12.3. The molecule has 1 aliphatic carbocycles. The second-order valence-corrected chi connectivity index (χ2v) is 7.90. The topological polar surface area (TPSA) is 50.4 Å². The Labute approximate surface area is 165 Å². The van der Waals surface area contributed by atoms with Gasteiger partial charge in [-0.15, -0.1) is 0 Å². The molecule has 2 rings (SSSR count). The van der Waals surface area contributed by atoms with E-state index in [2.05, 4.69) is 41.8 Å². The van der Waals surface area contributed by atoms with Crippen LogP contribution in [0, 0.1) is 0 Å². The van der Waals surface area contributed by atoms with Gasteiger partial charge in [0.1, 0.15) is 5.75 Å². The van der Waals surface area contributed by atoms with E-state index in [9.17, 15) is 4.79 Å². The fourth-order valence-corrected chi connectivity index (χ4v) is 3.98. The van der Waals surface area contributed by atoms with Gasteiger partial charge in [-0.2, -0.15) is 0 Å². The number of hydrogen-bond acceptors (Lipinski definition) is 3. The fourth-order valence-electron chi connectivity index (χ4n) is 3.98. The van der Waals surface area contributed by atoms with Crippen molar-refractivity contribution in [1.82, 2.24) is 10.6 Å². The molecule has 0 radical (unpaired) electrons. The van der Waals surface area contributed by atoms with Crippen molar-refractivity contribution in [3.8, 4) is 5.75 Å². The van der Waals surface area contributed by atoms with Crippen LogP contribution in [0.25, 0.3) is 0 Å². The molecule has 0 aromatic heterocycles. The predicted octanol–water partition coefficient (Wildman–Crippen LogP) is 4.57. The smallest absolute Gasteiger partial charge is 0.220 e. The largest absolute Gasteiger partial charge is 0.494 e. The number of amides is 1. The summed E-state index contributed by atoms with van der Waals surface area (Å²) in [5, 5.41) is 6.38. The number of rotatable bonds is 13. The molecular formula is C23H38N2O2. The fraction of sp³-hybridized carbons (Fsp3) is 0.696. The van der Waals surface area contributed by atoms with E-state index in [-0.39, 0.29) is 11.3 Å². The van der Waals surface area contributed by atoms with E-state index in [1.807, 2.05) is 7.05 Å². The first-order chi connectivity index (χ1) is 13.2. The Hall–Kier alpha value is -1.55. The summed E-state index contributed by atoms with van der Waals surface area (Å²) in [7, 11) is 1.97. The molecule has 1 aromatic rings. The Morgan fingerprint density at radius 2 is 1.81 bits per heavy atom. The first-order valence-electron chi connectivity index (χ1n) is 10.8. The Morgan fingerprint density at radius 1 is 1.07 bits per heavy atom. The lowest BCUT2D eigenvalue weighted by Gasteiger charge is -2.30. The first-order valence-corrected chi connectivity index (χ1v) is 10.8. The molecule has 4 heteroatoms. The Kier molecular flexibility index (Phi) is 9.68. The summed E-state index contributed by atoms with van der Waals surface area (Å²) in [6.45, 7) is 4.75. The van der Waals surface area contributed by atoms with Crippen molar-refractivity contribution in [2.75, 3.05) is 26.7 Å². The first kappa shape index (κ1) is 21.7. The Bertz CT molecular complexity index is 536. The van der Waals surface area contributed by atoms with Crippen LogP contribution in [0.15, 0.2) is 24.3 Å². The molecule has 152 valence electrons. The SMILES string of the molecule is CCCCOc1ccc(C2(CNC(=O)CCCCCNC)CCCC2)cc1. The molecule has 0 bridgehead atoms. The summed E-state index contributed by atoms with van der Waals surface area (Å²) in [5.74, 6) is 1.15. The van der Waals surface area contributed by atoms with Gasteiger partial charge in [-0.3, -0.25) is 4.79 Å². The third-order valence-corrected chi connectivity index (χ3v) is 5.75. The second kappa shape index (κ2) is 12.0. The van der Waals surface area contributed by atoms with Gasteiger partial charge in [0.25, 0.3) is 0 Å². The van der Waals surface area contributed by atoms with Crippen molar-refractivity contribution in [2.45, 2.75) is 76.5 Å². The molecule has 1 aliphatic rings. The highest BCUT2D eigenvalue weighted by molar-refractivity contribution is 5.76. The van der Waals surface area contributed by atoms with Crippen molar-refractivity contribution in [3.05, 3.63) is 29.8 Å². The summed E-state index contributed by atoms with van der Waals surface area (Å²) in [6, 6.07) is 8.59. The zero-order chi connectivity index (χ0) is 19.4. The summed E-state index contributed by atoms with van der Waals surface area (Å²) >= 11 is 0. The van der Waals surface area contributed by atoms with Crippen molar-refractivity contribution < 1.29 is 9.53 Å². The minimum absolute atomic E-state index is 0.101. The lowest BCUT2D eigenvalue weighted by atomic mass is 9.78. The van der Waals surface area contributed by atoms with E-state index in [4.69, 9.17) is 4.74 Å². The zero-order valence-electron chi connectivity index (χ0n) is 17.3. The standard InChI is InChI=1S/C23H38N2O2/c1-3-4-18-27-21-13-11-20(12-14-21)23(15-7-8-16-23)19-25-22(26)10-6-5-9-17-24-2/h11-14,24H,3-10,15-19H2,1-2H3,(H,25,26). The third kappa shape index (κ3) is 7.17. The summed E-state index contributed by atoms with van der Waals surface area (Å²) < 4.78 is 5.79. The van der Waals surface area contributed by atoms with Crippen molar-refractivity contribution in [3.63, 3.8) is 0 Å². The van der Waals surface area contributed by atoms with Crippen LogP contribution in [-0.2, 0) is 10.2 Å². The summed E-state index contributed by atoms with van der Waals surface area (Å²) in [5.41, 5.74) is 1.45. The molecule has 0 unspecified atom stereocenters. The van der Waals surface area contributed by atoms with Crippen LogP contribution in [0.4, 0.5) is 0 Å². The number of unbranched alkanes of at least 4 members (excludes halogenated alkanes) is 3. The number of benzene rings is 1. The van der Waals surface area contributed by atoms with Gasteiger partial charge in [0, 0.05) is 18.4 Å². The van der Waals surface area contributed by atoms with Gasteiger partial charge in [0.2, 0.25) is 5.91 Å². The van der Waals surface area contributed by atoms with Crippen LogP contribution in [0.5, 0.6) is 5.75 Å². The maximum atomic E-state index is 12.3. The average molecular weight is 375 g/mol. The van der Waals surface area contributed by atoms with E-state index < -0.39 is 0 Å². The molecule has 1 saturated carbocycles. The van der Waals surface area contributed by atoms with Gasteiger partial charge in [-0.05, 0) is 63.4 Å². The average Bonchev–Trinajstić information content (AvgIpc) is 3.17. The highest BCUT2D eigenvalue weighted by atomic mass is 16.5. The molecule has 2 N–H and O–H groups in total. The van der Waals surface area contributed by atoms with Crippen LogP contribution in [0.3, 0.4) is 0 Å². The number of carbonyl (C=O) groups excluding carboxylic acids is 1. The lowest BCUT2D eigenvalue weighted by molar-refractivity contribution is -0.121. The summed E-state index contributed by atoms with van der Waals surface area (Å²) in [6.07, 6.45) is 10.9. The molecule has 0 spiro atoms. The van der Waals surface area contributed by atoms with E-state index in [1.165, 1.54) is 18.4 Å². The van der Waals surface area contributed by atoms with Gasteiger partial charge in [0.05, 0.1) is 6.61 Å². The third-order valence-electron chi connectivity index (χ3n) is 5.75. The molecule has 4 nitrogen and oxygen atoms in total. The minimum Gasteiger partial charge on any atom is -0.494 e. The normalized spacial score (nSPS) is 15.6. The number of carbonyl (C=O) groups is 1. The molecule has 0 atom stereocenters. The molecular weight excluding hydrogens is 336 g/mol. The van der Waals surface area contributed by atoms with Crippen LogP contribution in [-0.4, -0.2) is 32.7 Å². The maximum absolute atomic E-state index is 12.3. The molecule has 0 aliphatic heterocycles. The van der Waals surface area contributed by atoms with E-state index in [0.717, 1.165) is 70.4 Å². The maximum Gasteiger partial charge on any atom is 0.220 e. The van der Waals surface area contributed by atoms with Crippen molar-refractivity contribution in [1.29, 1.82) is 0 Å². The van der Waals surface area contributed by atoms with Crippen LogP contribution < -0.4 is 15.4 Å². The number of ether oxygens (including phenoxy) is 1. The molecule has 27 heavy (non-hydrogen) atoms. The van der Waals surface area contributed by atoms with E-state index in [1.54, 1.807) is 0 Å². The van der Waals surface area contributed by atoms with Gasteiger partial charge in [-0.1, -0.05) is 44.7 Å². The van der Waals surface area contributed by atoms with Crippen LogP contribution in [0.1, 0.15) is 76.7 Å². The molecule has 1 aromatic carbocycles. The van der Waals surface area contributed by atoms with Gasteiger partial charge in [-0.25, -0.2) is 0 Å². The molecule has 1 amide bonds. The Balaban J connectivity index is 1.84. The highest BCUT2D eigenvalue weighted by Gasteiger charge is 2.35. The van der Waals surface area contributed by atoms with Crippen LogP contribution in [0.2, 0.25) is 0 Å². The van der Waals surface area contributed by atoms with Crippen molar-refractivity contribution in [2.24, 2.45) is 0 Å². The van der Waals surface area contributed by atoms with Crippen LogP contribution >= 0.6 is 0 Å². The lowest BCUT2D eigenvalue weighted by Crippen LogP contribution is -2.38. The quantitative estimate of drug-likeness (QED) is 0.497.